The van der Waals surface area contributed by atoms with E-state index in [4.69, 9.17) is 18.9 Å². The quantitative estimate of drug-likeness (QED) is 0.611. The third kappa shape index (κ3) is 3.73. The highest BCUT2D eigenvalue weighted by Crippen LogP contribution is 2.19. The fourth-order valence-electron chi connectivity index (χ4n) is 2.32. The molecule has 2 aromatic heterocycles. The van der Waals surface area contributed by atoms with Gasteiger partial charge in [0.05, 0.1) is 20.2 Å². The van der Waals surface area contributed by atoms with Gasteiger partial charge in [0.2, 0.25) is 0 Å². The number of hydrogen-bond acceptors (Lipinski definition) is 6. The Kier molecular flexibility index (Phi) is 4.30. The summed E-state index contributed by atoms with van der Waals surface area (Å²) in [5.41, 5.74) is -0.903. The van der Waals surface area contributed by atoms with Crippen LogP contribution < -0.4 is 15.9 Å². The van der Waals surface area contributed by atoms with Gasteiger partial charge in [-0.3, -0.25) is 0 Å². The highest BCUT2D eigenvalue weighted by Gasteiger charge is 2.19. The average Bonchev–Trinajstić information content (AvgIpc) is 3.13. The van der Waals surface area contributed by atoms with Gasteiger partial charge in [0.1, 0.15) is 0 Å². The Labute approximate surface area is 155 Å². The molecular weight excluding hydrogens is 362 g/mol. The second-order valence-electron chi connectivity index (χ2n) is 5.60. The van der Waals surface area contributed by atoms with Crippen molar-refractivity contribution < 1.29 is 16.9 Å². The summed E-state index contributed by atoms with van der Waals surface area (Å²) in [6, 6.07) is 6.02. The molecule has 26 heavy (non-hydrogen) atoms. The molecule has 0 aliphatic rings. The van der Waals surface area contributed by atoms with Crippen LogP contribution in [0.25, 0.3) is 0 Å². The summed E-state index contributed by atoms with van der Waals surface area (Å²) in [6.45, 7) is -0.333. The number of aromatic nitrogens is 5. The minimum Gasteiger partial charge on any atom is -0.388 e. The van der Waals surface area contributed by atoms with E-state index >= 15 is 0 Å². The molecule has 0 radical (unpaired) electrons. The maximum absolute atomic E-state index is 12.2. The number of benzene rings is 1. The minimum atomic E-state index is -2.38. The molecule has 10 heteroatoms. The molecule has 0 aliphatic heterocycles. The van der Waals surface area contributed by atoms with E-state index in [1.807, 2.05) is 0 Å². The minimum absolute atomic E-state index is 0.146. The van der Waals surface area contributed by atoms with E-state index < -0.39 is 29.7 Å². The van der Waals surface area contributed by atoms with Crippen molar-refractivity contribution in [3.63, 3.8) is 0 Å². The molecule has 0 aliphatic carbocycles. The van der Waals surface area contributed by atoms with Crippen molar-refractivity contribution in [1.82, 2.24) is 19.3 Å². The molecule has 2 heterocycles. The van der Waals surface area contributed by atoms with E-state index in [1.54, 1.807) is 0 Å². The van der Waals surface area contributed by atoms with E-state index in [1.165, 1.54) is 53.8 Å². The first kappa shape index (κ1) is 15.5. The van der Waals surface area contributed by atoms with Crippen LogP contribution in [-0.4, -0.2) is 24.4 Å². The van der Waals surface area contributed by atoms with Gasteiger partial charge in [-0.1, -0.05) is 28.9 Å². The average molecular weight is 381 g/mol. The number of aryl methyl sites for hydroxylation is 2. The topological polar surface area (TPSA) is 107 Å². The largest absolute Gasteiger partial charge is 0.448 e. The Morgan fingerprint density at radius 1 is 1.38 bits per heavy atom. The van der Waals surface area contributed by atoms with Gasteiger partial charge in [-0.05, 0) is 17.7 Å². The number of nitrogens with zero attached hydrogens (tertiary/aromatic N) is 5. The second-order valence-corrected chi connectivity index (χ2v) is 6.04. The third-order valence-corrected chi connectivity index (χ3v) is 3.88. The smallest absolute Gasteiger partial charge is 0.388 e. The number of rotatable bonds is 5. The summed E-state index contributed by atoms with van der Waals surface area (Å²) in [4.78, 5) is 28.3. The zero-order valence-corrected chi connectivity index (χ0v) is 14.7. The molecule has 0 unspecified atom stereocenters. The third-order valence-electron chi connectivity index (χ3n) is 3.62. The van der Waals surface area contributed by atoms with E-state index in [9.17, 15) is 14.7 Å². The van der Waals surface area contributed by atoms with Crippen LogP contribution in [0, 0.1) is 0 Å². The van der Waals surface area contributed by atoms with Crippen LogP contribution in [0.2, 0.25) is 5.02 Å². The Morgan fingerprint density at radius 3 is 2.77 bits per heavy atom. The van der Waals surface area contributed by atoms with Gasteiger partial charge in [-0.2, -0.15) is 9.55 Å². The first-order chi connectivity index (χ1) is 13.1. The normalized spacial score (nSPS) is 14.0. The van der Waals surface area contributed by atoms with Crippen molar-refractivity contribution in [2.24, 2.45) is 14.1 Å². The lowest BCUT2D eigenvalue weighted by Crippen LogP contribution is -2.58. The molecular formula is C16H17ClN5O4+. The Balaban J connectivity index is 1.91. The van der Waals surface area contributed by atoms with Crippen LogP contribution >= 0.6 is 11.6 Å². The lowest BCUT2D eigenvalue weighted by atomic mass is 10.1. The highest BCUT2D eigenvalue weighted by molar-refractivity contribution is 6.30. The number of aliphatic hydroxyl groups is 1. The summed E-state index contributed by atoms with van der Waals surface area (Å²) in [6.07, 6.45) is -2.63. The van der Waals surface area contributed by atoms with Crippen LogP contribution in [0.5, 0.6) is 0 Å². The maximum Gasteiger partial charge on any atom is 0.448 e. The van der Waals surface area contributed by atoms with Gasteiger partial charge >= 0.3 is 11.4 Å². The molecule has 0 spiro atoms. The van der Waals surface area contributed by atoms with Crippen molar-refractivity contribution in [1.29, 1.82) is 0 Å². The van der Waals surface area contributed by atoms with Gasteiger partial charge in [-0.25, -0.2) is 18.7 Å². The molecule has 136 valence electrons. The highest BCUT2D eigenvalue weighted by atomic mass is 35.5. The molecule has 1 atom stereocenters. The van der Waals surface area contributed by atoms with Gasteiger partial charge in [0, 0.05) is 14.1 Å². The van der Waals surface area contributed by atoms with E-state index in [0.717, 1.165) is 4.57 Å². The molecule has 0 bridgehead atoms. The molecule has 0 saturated carbocycles. The van der Waals surface area contributed by atoms with Crippen molar-refractivity contribution >= 4 is 11.6 Å². The molecule has 1 N–H and O–H groups in total. The van der Waals surface area contributed by atoms with Crippen molar-refractivity contribution in [3.8, 4) is 0 Å². The van der Waals surface area contributed by atoms with Gasteiger partial charge < -0.3 is 9.63 Å². The summed E-state index contributed by atoms with van der Waals surface area (Å²) in [5.74, 6) is -0.553. The molecule has 9 nitrogen and oxygen atoms in total. The lowest BCUT2D eigenvalue weighted by molar-refractivity contribution is -0.696. The van der Waals surface area contributed by atoms with Crippen LogP contribution in [-0.2, 0) is 27.0 Å². The van der Waals surface area contributed by atoms with Crippen LogP contribution in [0.4, 0.5) is 0 Å². The number of aliphatic hydroxyl groups excluding tert-OH is 1. The first-order valence-corrected chi connectivity index (χ1v) is 7.91. The van der Waals surface area contributed by atoms with Crippen LogP contribution in [0.3, 0.4) is 0 Å². The van der Waals surface area contributed by atoms with Crippen molar-refractivity contribution in [2.45, 2.75) is 19.0 Å². The van der Waals surface area contributed by atoms with E-state index in [2.05, 4.69) is 10.1 Å². The molecule has 0 fully saturated rings. The Morgan fingerprint density at radius 2 is 2.08 bits per heavy atom. The maximum atomic E-state index is 12.2. The zero-order valence-electron chi connectivity index (χ0n) is 16.0. The summed E-state index contributed by atoms with van der Waals surface area (Å²) in [7, 11) is 2.97. The predicted molar refractivity (Wildman–Crippen MR) is 90.6 cm³/mol. The number of hydrogen-bond donors (Lipinski definition) is 1. The summed E-state index contributed by atoms with van der Waals surface area (Å²) in [5, 5.41) is 14.4. The van der Waals surface area contributed by atoms with Gasteiger partial charge in [0.25, 0.3) is 5.89 Å². The van der Waals surface area contributed by atoms with Gasteiger partial charge in [0.15, 0.2) is 18.7 Å². The van der Waals surface area contributed by atoms with Crippen molar-refractivity contribution in [3.05, 3.63) is 73.9 Å². The second kappa shape index (κ2) is 7.22. The van der Waals surface area contributed by atoms with E-state index in [0.29, 0.717) is 5.02 Å². The Bertz CT molecular complexity index is 1090. The molecule has 0 saturated heterocycles. The van der Waals surface area contributed by atoms with Crippen LogP contribution in [0.1, 0.15) is 26.1 Å². The van der Waals surface area contributed by atoms with Crippen LogP contribution in [0.15, 0.2) is 44.7 Å². The van der Waals surface area contributed by atoms with E-state index in [-0.39, 0.29) is 18.0 Å². The zero-order chi connectivity index (χ0) is 20.6. The van der Waals surface area contributed by atoms with Crippen molar-refractivity contribution in [2.75, 3.05) is 0 Å². The summed E-state index contributed by atoms with van der Waals surface area (Å²) < 4.78 is 24.6. The molecule has 1 aromatic carbocycles. The standard InChI is InChI=1S/C16H17ClN5O4/c1-20-9-21(2)16(25)22(15(20)24)8-14-18-13(19-26-14)7-12(23)10-3-5-11(17)6-4-10/h3-6,9,12,23H,7-8H2,1-2H3/q+1/t12-/m0/s1/i7D2. The Hall–Kier alpha value is -2.78. The van der Waals surface area contributed by atoms with Gasteiger partial charge in [-0.15, -0.1) is 0 Å². The SMILES string of the molecule is [2H]C([2H])(c1noc(Cn2c(=O)n(C)c[n+](C)c2=O)n1)[C@H](O)c1ccc(Cl)cc1. The molecule has 0 amide bonds. The number of halogens is 1. The monoisotopic (exact) mass is 380 g/mol. The molecule has 3 aromatic rings. The lowest BCUT2D eigenvalue weighted by Gasteiger charge is -2.07. The fourth-order valence-corrected chi connectivity index (χ4v) is 2.45. The predicted octanol–water partition coefficient (Wildman–Crippen LogP) is -0.268. The summed E-state index contributed by atoms with van der Waals surface area (Å²) >= 11 is 5.80. The fraction of sp³-hybridized carbons (Fsp3) is 0.312. The first-order valence-electron chi connectivity index (χ1n) is 8.54. The molecule has 3 rings (SSSR count).